The Labute approximate surface area is 155 Å². The van der Waals surface area contributed by atoms with Gasteiger partial charge in [-0.2, -0.15) is 0 Å². The molecule has 0 aromatic carbocycles. The van der Waals surface area contributed by atoms with Crippen molar-refractivity contribution in [1.82, 2.24) is 20.2 Å². The summed E-state index contributed by atoms with van der Waals surface area (Å²) in [5.41, 5.74) is 1.84. The Kier molecular flexibility index (Phi) is 6.96. The number of anilines is 1. The molecule has 0 saturated carbocycles. The van der Waals surface area contributed by atoms with Crippen LogP contribution in [0.3, 0.4) is 0 Å². The van der Waals surface area contributed by atoms with Crippen LogP contribution in [-0.4, -0.2) is 60.0 Å². The lowest BCUT2D eigenvalue weighted by Crippen LogP contribution is -2.46. The predicted octanol–water partition coefficient (Wildman–Crippen LogP) is 2.20. The summed E-state index contributed by atoms with van der Waals surface area (Å²) in [6.07, 6.45) is 10.4. The zero-order chi connectivity index (χ0) is 18.0. The molecule has 3 heterocycles. The summed E-state index contributed by atoms with van der Waals surface area (Å²) in [4.78, 5) is 25.0. The van der Waals surface area contributed by atoms with Gasteiger partial charge in [-0.25, -0.2) is 0 Å². The second-order valence-electron chi connectivity index (χ2n) is 6.60. The number of pyridine rings is 2. The van der Waals surface area contributed by atoms with E-state index in [1.54, 1.807) is 24.5 Å². The number of hydrogen-bond acceptors (Lipinski definition) is 5. The summed E-state index contributed by atoms with van der Waals surface area (Å²) in [7, 11) is 0. The fourth-order valence-corrected chi connectivity index (χ4v) is 3.21. The second kappa shape index (κ2) is 9.87. The lowest BCUT2D eigenvalue weighted by atomic mass is 10.2. The average Bonchev–Trinajstić information content (AvgIpc) is 2.72. The molecule has 1 saturated heterocycles. The molecule has 2 aromatic rings. The maximum atomic E-state index is 11.9. The van der Waals surface area contributed by atoms with E-state index in [0.717, 1.165) is 52.1 Å². The third-order valence-electron chi connectivity index (χ3n) is 4.74. The van der Waals surface area contributed by atoms with Crippen LogP contribution in [0.15, 0.2) is 49.1 Å². The third-order valence-corrected chi connectivity index (χ3v) is 4.74. The molecule has 0 unspecified atom stereocenters. The van der Waals surface area contributed by atoms with Crippen LogP contribution in [-0.2, 0) is 0 Å². The Morgan fingerprint density at radius 3 is 2.42 bits per heavy atom. The maximum Gasteiger partial charge on any atom is 0.252 e. The minimum Gasteiger partial charge on any atom is -0.368 e. The summed E-state index contributed by atoms with van der Waals surface area (Å²) >= 11 is 0. The van der Waals surface area contributed by atoms with E-state index in [2.05, 4.69) is 31.2 Å². The second-order valence-corrected chi connectivity index (χ2v) is 6.60. The molecular weight excluding hydrogens is 326 g/mol. The molecular formula is C20H27N5O. The fraction of sp³-hybridized carbons (Fsp3) is 0.450. The van der Waals surface area contributed by atoms with Gasteiger partial charge in [-0.15, -0.1) is 0 Å². The van der Waals surface area contributed by atoms with Gasteiger partial charge in [0, 0.05) is 51.3 Å². The first-order chi connectivity index (χ1) is 12.8. The number of rotatable bonds is 8. The molecule has 26 heavy (non-hydrogen) atoms. The molecule has 0 bridgehead atoms. The standard InChI is InChI=1S/C20H27N5O/c26-20(18-6-4-8-21-16-18)23-10-2-1-3-11-24-12-14-25(15-13-24)19-7-5-9-22-17-19/h4-9,16-17H,1-3,10-15H2,(H,23,26). The van der Waals surface area contributed by atoms with Crippen molar-refractivity contribution >= 4 is 11.6 Å². The van der Waals surface area contributed by atoms with Crippen LogP contribution in [0, 0.1) is 0 Å². The van der Waals surface area contributed by atoms with E-state index < -0.39 is 0 Å². The minimum absolute atomic E-state index is 0.0374. The molecule has 1 amide bonds. The number of piperazine rings is 1. The van der Waals surface area contributed by atoms with E-state index in [1.807, 2.05) is 18.5 Å². The number of nitrogens with one attached hydrogen (secondary N) is 1. The maximum absolute atomic E-state index is 11.9. The third kappa shape index (κ3) is 5.52. The Morgan fingerprint density at radius 2 is 1.73 bits per heavy atom. The van der Waals surface area contributed by atoms with Crippen molar-refractivity contribution in [3.05, 3.63) is 54.6 Å². The van der Waals surface area contributed by atoms with Crippen LogP contribution < -0.4 is 10.2 Å². The van der Waals surface area contributed by atoms with E-state index in [-0.39, 0.29) is 5.91 Å². The van der Waals surface area contributed by atoms with Gasteiger partial charge in [0.2, 0.25) is 0 Å². The number of carbonyl (C=O) groups is 1. The summed E-state index contributed by atoms with van der Waals surface area (Å²) in [6, 6.07) is 7.69. The van der Waals surface area contributed by atoms with Gasteiger partial charge in [-0.1, -0.05) is 6.42 Å². The predicted molar refractivity (Wildman–Crippen MR) is 103 cm³/mol. The Balaban J connectivity index is 1.24. The van der Waals surface area contributed by atoms with Crippen molar-refractivity contribution in [2.24, 2.45) is 0 Å². The van der Waals surface area contributed by atoms with Crippen LogP contribution in [0.1, 0.15) is 29.6 Å². The molecule has 0 atom stereocenters. The lowest BCUT2D eigenvalue weighted by Gasteiger charge is -2.35. The number of carbonyl (C=O) groups excluding carboxylic acids is 1. The zero-order valence-corrected chi connectivity index (χ0v) is 15.2. The SMILES string of the molecule is O=C(NCCCCCN1CCN(c2cccnc2)CC1)c1cccnc1. The number of unbranched alkanes of at least 4 members (excludes halogenated alkanes) is 2. The fourth-order valence-electron chi connectivity index (χ4n) is 3.21. The first-order valence-electron chi connectivity index (χ1n) is 9.38. The Hall–Kier alpha value is -2.47. The molecule has 0 aliphatic carbocycles. The smallest absolute Gasteiger partial charge is 0.252 e. The first kappa shape index (κ1) is 18.3. The van der Waals surface area contributed by atoms with Gasteiger partial charge in [-0.05, 0) is 43.7 Å². The summed E-state index contributed by atoms with van der Waals surface area (Å²) in [6.45, 7) is 6.19. The number of hydrogen-bond donors (Lipinski definition) is 1. The lowest BCUT2D eigenvalue weighted by molar-refractivity contribution is 0.0952. The highest BCUT2D eigenvalue weighted by molar-refractivity contribution is 5.93. The zero-order valence-electron chi connectivity index (χ0n) is 15.2. The van der Waals surface area contributed by atoms with Gasteiger partial charge >= 0.3 is 0 Å². The highest BCUT2D eigenvalue weighted by atomic mass is 16.1. The van der Waals surface area contributed by atoms with Crippen molar-refractivity contribution in [3.8, 4) is 0 Å². The molecule has 2 aromatic heterocycles. The molecule has 1 N–H and O–H groups in total. The summed E-state index contributed by atoms with van der Waals surface area (Å²) < 4.78 is 0. The quantitative estimate of drug-likeness (QED) is 0.737. The van der Waals surface area contributed by atoms with E-state index in [0.29, 0.717) is 5.56 Å². The van der Waals surface area contributed by atoms with E-state index in [4.69, 9.17) is 0 Å². The molecule has 0 spiro atoms. The monoisotopic (exact) mass is 353 g/mol. The van der Waals surface area contributed by atoms with Gasteiger partial charge in [-0.3, -0.25) is 19.7 Å². The van der Waals surface area contributed by atoms with E-state index in [9.17, 15) is 4.79 Å². The Bertz CT molecular complexity index is 656. The molecule has 6 nitrogen and oxygen atoms in total. The van der Waals surface area contributed by atoms with E-state index in [1.165, 1.54) is 12.1 Å². The number of nitrogens with zero attached hydrogens (tertiary/aromatic N) is 4. The van der Waals surface area contributed by atoms with Crippen molar-refractivity contribution in [1.29, 1.82) is 0 Å². The van der Waals surface area contributed by atoms with Crippen molar-refractivity contribution in [2.75, 3.05) is 44.2 Å². The molecule has 0 radical (unpaired) electrons. The van der Waals surface area contributed by atoms with Gasteiger partial charge in [0.25, 0.3) is 5.91 Å². The number of aromatic nitrogens is 2. The van der Waals surface area contributed by atoms with Gasteiger partial charge < -0.3 is 10.2 Å². The van der Waals surface area contributed by atoms with Crippen molar-refractivity contribution < 1.29 is 4.79 Å². The number of amides is 1. The van der Waals surface area contributed by atoms with Crippen LogP contribution in [0.2, 0.25) is 0 Å². The molecule has 6 heteroatoms. The summed E-state index contributed by atoms with van der Waals surface area (Å²) in [5, 5.41) is 2.96. The Morgan fingerprint density at radius 1 is 0.962 bits per heavy atom. The molecule has 1 fully saturated rings. The highest BCUT2D eigenvalue weighted by Gasteiger charge is 2.16. The largest absolute Gasteiger partial charge is 0.368 e. The molecule has 1 aliphatic rings. The normalized spacial score (nSPS) is 15.0. The van der Waals surface area contributed by atoms with Crippen molar-refractivity contribution in [3.63, 3.8) is 0 Å². The average molecular weight is 353 g/mol. The van der Waals surface area contributed by atoms with Crippen LogP contribution in [0.5, 0.6) is 0 Å². The molecule has 138 valence electrons. The van der Waals surface area contributed by atoms with Gasteiger partial charge in [0.05, 0.1) is 17.4 Å². The molecule has 1 aliphatic heterocycles. The topological polar surface area (TPSA) is 61.4 Å². The molecule has 3 rings (SSSR count). The van der Waals surface area contributed by atoms with Crippen LogP contribution in [0.4, 0.5) is 5.69 Å². The first-order valence-corrected chi connectivity index (χ1v) is 9.38. The van der Waals surface area contributed by atoms with Crippen LogP contribution in [0.25, 0.3) is 0 Å². The van der Waals surface area contributed by atoms with Crippen molar-refractivity contribution in [2.45, 2.75) is 19.3 Å². The van der Waals surface area contributed by atoms with Gasteiger partial charge in [0.1, 0.15) is 0 Å². The minimum atomic E-state index is -0.0374. The summed E-state index contributed by atoms with van der Waals surface area (Å²) in [5.74, 6) is -0.0374. The highest BCUT2D eigenvalue weighted by Crippen LogP contribution is 2.14. The van der Waals surface area contributed by atoms with Gasteiger partial charge in [0.15, 0.2) is 0 Å². The van der Waals surface area contributed by atoms with E-state index >= 15 is 0 Å². The van der Waals surface area contributed by atoms with Crippen LogP contribution >= 0.6 is 0 Å².